The van der Waals surface area contributed by atoms with Crippen molar-refractivity contribution in [2.24, 2.45) is 0 Å². The largest absolute Gasteiger partial charge is 0.469 e. The first-order valence-electron chi connectivity index (χ1n) is 8.64. The van der Waals surface area contributed by atoms with Crippen LogP contribution in [-0.2, 0) is 17.8 Å². The molecule has 1 aliphatic heterocycles. The number of hydrogen-bond donors (Lipinski definition) is 3. The highest BCUT2D eigenvalue weighted by Crippen LogP contribution is 2.17. The third-order valence-electron chi connectivity index (χ3n) is 4.65. The Morgan fingerprint density at radius 2 is 2.12 bits per heavy atom. The highest BCUT2D eigenvalue weighted by Gasteiger charge is 2.29. The molecule has 130 valence electrons. The minimum atomic E-state index is -0.205. The lowest BCUT2D eigenvalue weighted by Crippen LogP contribution is -2.44. The minimum Gasteiger partial charge on any atom is -0.469 e. The zero-order chi connectivity index (χ0) is 17.1. The Morgan fingerprint density at radius 1 is 1.20 bits per heavy atom. The van der Waals surface area contributed by atoms with Crippen molar-refractivity contribution >= 4 is 16.8 Å². The molecule has 1 saturated heterocycles. The average Bonchev–Trinajstić information content (AvgIpc) is 3.37. The average molecular weight is 338 g/mol. The quantitative estimate of drug-likeness (QED) is 0.641. The van der Waals surface area contributed by atoms with Crippen molar-refractivity contribution in [3.05, 3.63) is 60.7 Å². The van der Waals surface area contributed by atoms with Gasteiger partial charge >= 0.3 is 0 Å². The van der Waals surface area contributed by atoms with Crippen LogP contribution in [0.1, 0.15) is 12.2 Å². The standard InChI is InChI=1S/C19H22N4O2/c24-19(20-9-7-16-5-3-11-25-16)17-12-15(21-22-17)13-23-10-8-14-4-1-2-6-18(14)23/h1-6,8,10-11,15,17,21-22H,7,9,12-13H2,(H,20,24). The Hall–Kier alpha value is -2.57. The maximum atomic E-state index is 12.3. The van der Waals surface area contributed by atoms with Crippen molar-refractivity contribution in [2.75, 3.05) is 6.54 Å². The fourth-order valence-corrected chi connectivity index (χ4v) is 3.34. The molecule has 3 aromatic rings. The first kappa shape index (κ1) is 15.9. The van der Waals surface area contributed by atoms with Crippen molar-refractivity contribution in [1.82, 2.24) is 20.7 Å². The highest BCUT2D eigenvalue weighted by molar-refractivity contribution is 5.82. The second-order valence-electron chi connectivity index (χ2n) is 6.42. The predicted molar refractivity (Wildman–Crippen MR) is 95.8 cm³/mol. The van der Waals surface area contributed by atoms with Crippen LogP contribution in [0, 0.1) is 0 Å². The van der Waals surface area contributed by atoms with Gasteiger partial charge in [0.05, 0.1) is 6.26 Å². The summed E-state index contributed by atoms with van der Waals surface area (Å²) in [6.45, 7) is 1.41. The Morgan fingerprint density at radius 3 is 3.00 bits per heavy atom. The highest BCUT2D eigenvalue weighted by atomic mass is 16.3. The van der Waals surface area contributed by atoms with Gasteiger partial charge in [-0.3, -0.25) is 10.2 Å². The zero-order valence-corrected chi connectivity index (χ0v) is 13.9. The summed E-state index contributed by atoms with van der Waals surface area (Å²) >= 11 is 0. The Bertz CT molecular complexity index is 840. The molecule has 1 aromatic carbocycles. The number of amides is 1. The van der Waals surface area contributed by atoms with Gasteiger partial charge in [0.1, 0.15) is 11.8 Å². The van der Waals surface area contributed by atoms with Crippen molar-refractivity contribution in [3.8, 4) is 0 Å². The van der Waals surface area contributed by atoms with Crippen LogP contribution in [0.15, 0.2) is 59.3 Å². The summed E-state index contributed by atoms with van der Waals surface area (Å²) in [5, 5.41) is 4.20. The van der Waals surface area contributed by atoms with Crippen molar-refractivity contribution < 1.29 is 9.21 Å². The number of nitrogens with zero attached hydrogens (tertiary/aromatic N) is 1. The summed E-state index contributed by atoms with van der Waals surface area (Å²) in [5.74, 6) is 0.911. The second kappa shape index (κ2) is 7.13. The summed E-state index contributed by atoms with van der Waals surface area (Å²) in [7, 11) is 0. The summed E-state index contributed by atoms with van der Waals surface area (Å²) in [6.07, 6.45) is 5.22. The van der Waals surface area contributed by atoms with Crippen LogP contribution in [0.4, 0.5) is 0 Å². The van der Waals surface area contributed by atoms with Gasteiger partial charge in [0.2, 0.25) is 5.91 Å². The molecule has 0 aliphatic carbocycles. The van der Waals surface area contributed by atoms with E-state index in [0.29, 0.717) is 13.0 Å². The fourth-order valence-electron chi connectivity index (χ4n) is 3.34. The van der Waals surface area contributed by atoms with Crippen LogP contribution in [0.3, 0.4) is 0 Å². The van der Waals surface area contributed by atoms with Crippen LogP contribution in [-0.4, -0.2) is 29.1 Å². The molecular weight excluding hydrogens is 316 g/mol. The number of carbonyl (C=O) groups excluding carboxylic acids is 1. The van der Waals surface area contributed by atoms with Gasteiger partial charge in [-0.15, -0.1) is 0 Å². The smallest absolute Gasteiger partial charge is 0.238 e. The van der Waals surface area contributed by atoms with E-state index >= 15 is 0 Å². The third kappa shape index (κ3) is 3.60. The molecule has 4 rings (SSSR count). The van der Waals surface area contributed by atoms with Crippen molar-refractivity contribution in [1.29, 1.82) is 0 Å². The van der Waals surface area contributed by atoms with Gasteiger partial charge in [-0.25, -0.2) is 5.43 Å². The Balaban J connectivity index is 1.28. The lowest BCUT2D eigenvalue weighted by molar-refractivity contribution is -0.122. The molecule has 2 unspecified atom stereocenters. The van der Waals surface area contributed by atoms with Gasteiger partial charge < -0.3 is 14.3 Å². The number of rotatable bonds is 6. The topological polar surface area (TPSA) is 71.2 Å². The van der Waals surface area contributed by atoms with E-state index in [0.717, 1.165) is 18.7 Å². The lowest BCUT2D eigenvalue weighted by Gasteiger charge is -2.12. The van der Waals surface area contributed by atoms with Crippen LogP contribution in [0.25, 0.3) is 10.9 Å². The number of fused-ring (bicyclic) bond motifs is 1. The van der Waals surface area contributed by atoms with Crippen LogP contribution in [0.5, 0.6) is 0 Å². The number of para-hydroxylation sites is 1. The predicted octanol–water partition coefficient (Wildman–Crippen LogP) is 1.83. The second-order valence-corrected chi connectivity index (χ2v) is 6.42. The zero-order valence-electron chi connectivity index (χ0n) is 13.9. The maximum absolute atomic E-state index is 12.3. The molecule has 0 radical (unpaired) electrons. The number of benzene rings is 1. The van der Waals surface area contributed by atoms with E-state index < -0.39 is 0 Å². The summed E-state index contributed by atoms with van der Waals surface area (Å²) < 4.78 is 7.50. The van der Waals surface area contributed by atoms with E-state index in [-0.39, 0.29) is 18.0 Å². The molecule has 1 amide bonds. The molecular formula is C19H22N4O2. The van der Waals surface area contributed by atoms with Gasteiger partial charge in [0.25, 0.3) is 0 Å². The molecule has 25 heavy (non-hydrogen) atoms. The van der Waals surface area contributed by atoms with Crippen LogP contribution in [0.2, 0.25) is 0 Å². The van der Waals surface area contributed by atoms with Crippen LogP contribution >= 0.6 is 0 Å². The van der Waals surface area contributed by atoms with Gasteiger partial charge in [-0.1, -0.05) is 18.2 Å². The SMILES string of the molecule is O=C(NCCc1ccco1)C1CC(Cn2ccc3ccccc32)NN1. The van der Waals surface area contributed by atoms with Crippen molar-refractivity contribution in [3.63, 3.8) is 0 Å². The van der Waals surface area contributed by atoms with E-state index in [1.807, 2.05) is 18.2 Å². The molecule has 1 fully saturated rings. The van der Waals surface area contributed by atoms with E-state index in [1.54, 1.807) is 6.26 Å². The van der Waals surface area contributed by atoms with E-state index in [2.05, 4.69) is 51.2 Å². The summed E-state index contributed by atoms with van der Waals surface area (Å²) in [4.78, 5) is 12.3. The number of nitrogens with one attached hydrogen (secondary N) is 3. The normalized spacial score (nSPS) is 20.2. The Kier molecular flexibility index (Phi) is 4.54. The van der Waals surface area contributed by atoms with E-state index in [9.17, 15) is 4.79 Å². The molecule has 3 N–H and O–H groups in total. The lowest BCUT2D eigenvalue weighted by atomic mass is 10.1. The molecule has 0 saturated carbocycles. The van der Waals surface area contributed by atoms with E-state index in [4.69, 9.17) is 4.42 Å². The first-order chi connectivity index (χ1) is 12.3. The van der Waals surface area contributed by atoms with Gasteiger partial charge in [-0.2, -0.15) is 0 Å². The first-order valence-corrected chi connectivity index (χ1v) is 8.64. The van der Waals surface area contributed by atoms with Gasteiger partial charge in [0.15, 0.2) is 0 Å². The monoisotopic (exact) mass is 338 g/mol. The van der Waals surface area contributed by atoms with Crippen molar-refractivity contribution in [2.45, 2.75) is 31.5 Å². The summed E-state index contributed by atoms with van der Waals surface area (Å²) in [6, 6.07) is 14.2. The summed E-state index contributed by atoms with van der Waals surface area (Å²) in [5.41, 5.74) is 7.57. The fraction of sp³-hybridized carbons (Fsp3) is 0.316. The molecule has 2 aromatic heterocycles. The Labute approximate surface area is 146 Å². The molecule has 6 nitrogen and oxygen atoms in total. The van der Waals surface area contributed by atoms with Gasteiger partial charge in [-0.05, 0) is 36.1 Å². The van der Waals surface area contributed by atoms with Crippen LogP contribution < -0.4 is 16.2 Å². The molecule has 3 heterocycles. The van der Waals surface area contributed by atoms with E-state index in [1.165, 1.54) is 10.9 Å². The molecule has 2 atom stereocenters. The molecule has 0 spiro atoms. The maximum Gasteiger partial charge on any atom is 0.238 e. The number of hydrazine groups is 1. The third-order valence-corrected chi connectivity index (χ3v) is 4.65. The molecule has 0 bridgehead atoms. The number of aromatic nitrogens is 1. The minimum absolute atomic E-state index is 0.0268. The molecule has 1 aliphatic rings. The number of hydrogen-bond acceptors (Lipinski definition) is 4. The van der Waals surface area contributed by atoms with Gasteiger partial charge in [0, 0.05) is 37.3 Å². The number of furan rings is 1. The molecule has 6 heteroatoms. The number of carbonyl (C=O) groups is 1.